The molecule has 0 aliphatic rings. The average Bonchev–Trinajstić information content (AvgIpc) is 3.18. The first kappa shape index (κ1) is 17.8. The fourth-order valence-corrected chi connectivity index (χ4v) is 2.74. The van der Waals surface area contributed by atoms with Crippen LogP contribution >= 0.6 is 0 Å². The van der Waals surface area contributed by atoms with Crippen molar-refractivity contribution in [3.05, 3.63) is 70.9 Å². The molecular weight excluding hydrogens is 377 g/mol. The molecule has 4 aromatic rings. The molecule has 3 aromatic heterocycles. The van der Waals surface area contributed by atoms with Crippen molar-refractivity contribution in [2.75, 3.05) is 0 Å². The van der Waals surface area contributed by atoms with Gasteiger partial charge in [0.05, 0.1) is 5.69 Å². The zero-order valence-corrected chi connectivity index (χ0v) is 14.5. The van der Waals surface area contributed by atoms with Crippen molar-refractivity contribution in [1.82, 2.24) is 19.2 Å². The molecule has 0 atom stereocenters. The number of oxazole rings is 1. The van der Waals surface area contributed by atoms with Crippen molar-refractivity contribution in [2.45, 2.75) is 19.8 Å². The Labute approximate surface area is 155 Å². The van der Waals surface area contributed by atoms with Crippen LogP contribution in [0.3, 0.4) is 0 Å². The Balaban J connectivity index is 1.64. The minimum atomic E-state index is -4.75. The summed E-state index contributed by atoms with van der Waals surface area (Å²) in [6.45, 7) is 1.86. The van der Waals surface area contributed by atoms with Gasteiger partial charge in [-0.1, -0.05) is 12.1 Å². The van der Waals surface area contributed by atoms with Crippen LogP contribution in [0.25, 0.3) is 16.8 Å². The number of hydrogen-bond donors (Lipinski definition) is 0. The number of rotatable bonds is 4. The summed E-state index contributed by atoms with van der Waals surface area (Å²) in [5.41, 5.74) is 2.00. The molecule has 0 fully saturated rings. The van der Waals surface area contributed by atoms with Crippen LogP contribution < -0.4 is 10.4 Å². The van der Waals surface area contributed by atoms with Crippen LogP contribution in [0, 0.1) is 6.92 Å². The zero-order chi connectivity index (χ0) is 19.9. The second kappa shape index (κ2) is 6.55. The Morgan fingerprint density at radius 3 is 2.46 bits per heavy atom. The van der Waals surface area contributed by atoms with Gasteiger partial charge in [0.25, 0.3) is 0 Å². The molecule has 0 saturated heterocycles. The van der Waals surface area contributed by atoms with Gasteiger partial charge >= 0.3 is 12.1 Å². The molecule has 0 aliphatic heterocycles. The molecule has 0 bridgehead atoms. The number of pyridine rings is 1. The minimum Gasteiger partial charge on any atom is -0.447 e. The molecule has 144 valence electrons. The fourth-order valence-electron chi connectivity index (χ4n) is 2.74. The predicted molar refractivity (Wildman–Crippen MR) is 91.9 cm³/mol. The molecule has 4 rings (SSSR count). The molecular formula is C18H13F3N4O3. The number of benzene rings is 1. The standard InChI is InChI=1S/C18H13F3N4O3/c1-11-10-27-16(22-11)9-25-17(26)24-8-13(4-7-15(24)23-25)12-2-5-14(6-3-12)28-18(19,20)21/h2-8,10H,9H2,1H3. The summed E-state index contributed by atoms with van der Waals surface area (Å²) in [4.78, 5) is 16.7. The predicted octanol–water partition coefficient (Wildman–Crippen LogP) is 3.41. The van der Waals surface area contributed by atoms with Gasteiger partial charge in [0.2, 0.25) is 5.89 Å². The number of alkyl halides is 3. The SMILES string of the molecule is Cc1coc(Cn2nc3ccc(-c4ccc(OC(F)(F)F)cc4)cn3c2=O)n1. The van der Waals surface area contributed by atoms with E-state index in [0.29, 0.717) is 28.4 Å². The summed E-state index contributed by atoms with van der Waals surface area (Å²) < 4.78 is 48.5. The van der Waals surface area contributed by atoms with E-state index in [4.69, 9.17) is 4.42 Å². The van der Waals surface area contributed by atoms with Gasteiger partial charge < -0.3 is 9.15 Å². The van der Waals surface area contributed by atoms with Gasteiger partial charge in [0.1, 0.15) is 18.6 Å². The summed E-state index contributed by atoms with van der Waals surface area (Å²) in [7, 11) is 0. The molecule has 0 aliphatic carbocycles. The lowest BCUT2D eigenvalue weighted by Gasteiger charge is -2.09. The second-order valence-corrected chi connectivity index (χ2v) is 6.04. The first-order valence-corrected chi connectivity index (χ1v) is 8.15. The highest BCUT2D eigenvalue weighted by Gasteiger charge is 2.30. The van der Waals surface area contributed by atoms with E-state index in [1.165, 1.54) is 39.6 Å². The van der Waals surface area contributed by atoms with Gasteiger partial charge in [-0.25, -0.2) is 18.9 Å². The van der Waals surface area contributed by atoms with Gasteiger partial charge in [0.15, 0.2) is 5.65 Å². The normalized spacial score (nSPS) is 11.9. The molecule has 0 saturated carbocycles. The quantitative estimate of drug-likeness (QED) is 0.534. The Hall–Kier alpha value is -3.56. The topological polar surface area (TPSA) is 74.6 Å². The van der Waals surface area contributed by atoms with Crippen molar-refractivity contribution < 1.29 is 22.3 Å². The monoisotopic (exact) mass is 390 g/mol. The number of nitrogens with zero attached hydrogens (tertiary/aromatic N) is 4. The maximum Gasteiger partial charge on any atom is 0.573 e. The smallest absolute Gasteiger partial charge is 0.447 e. The minimum absolute atomic E-state index is 0.0904. The van der Waals surface area contributed by atoms with Gasteiger partial charge in [-0.15, -0.1) is 18.3 Å². The van der Waals surface area contributed by atoms with E-state index in [9.17, 15) is 18.0 Å². The molecule has 0 radical (unpaired) electrons. The third kappa shape index (κ3) is 3.61. The fraction of sp³-hybridized carbons (Fsp3) is 0.167. The number of fused-ring (bicyclic) bond motifs is 1. The van der Waals surface area contributed by atoms with Gasteiger partial charge in [0, 0.05) is 6.20 Å². The van der Waals surface area contributed by atoms with Gasteiger partial charge in [-0.3, -0.25) is 0 Å². The van der Waals surface area contributed by atoms with Crippen molar-refractivity contribution in [3.63, 3.8) is 0 Å². The summed E-state index contributed by atoms with van der Waals surface area (Å²) in [6, 6.07) is 8.75. The van der Waals surface area contributed by atoms with E-state index in [2.05, 4.69) is 14.8 Å². The summed E-state index contributed by atoms with van der Waals surface area (Å²) in [6.07, 6.45) is -1.69. The molecule has 28 heavy (non-hydrogen) atoms. The van der Waals surface area contributed by atoms with Crippen LogP contribution in [0.1, 0.15) is 11.6 Å². The van der Waals surface area contributed by atoms with Crippen LogP contribution in [-0.4, -0.2) is 25.5 Å². The van der Waals surface area contributed by atoms with E-state index < -0.39 is 6.36 Å². The Bertz CT molecular complexity index is 1190. The molecule has 0 amide bonds. The van der Waals surface area contributed by atoms with Crippen LogP contribution in [0.15, 0.2) is 58.1 Å². The van der Waals surface area contributed by atoms with Crippen LogP contribution in [0.5, 0.6) is 5.75 Å². The number of ether oxygens (including phenoxy) is 1. The lowest BCUT2D eigenvalue weighted by atomic mass is 10.1. The van der Waals surface area contributed by atoms with E-state index in [1.54, 1.807) is 25.3 Å². The first-order chi connectivity index (χ1) is 13.3. The second-order valence-electron chi connectivity index (χ2n) is 6.04. The first-order valence-electron chi connectivity index (χ1n) is 8.15. The highest BCUT2D eigenvalue weighted by atomic mass is 19.4. The highest BCUT2D eigenvalue weighted by Crippen LogP contribution is 2.26. The summed E-state index contributed by atoms with van der Waals surface area (Å²) in [5.74, 6) is 0.0482. The number of halogens is 3. The van der Waals surface area contributed by atoms with E-state index in [1.807, 2.05) is 0 Å². The van der Waals surface area contributed by atoms with E-state index >= 15 is 0 Å². The lowest BCUT2D eigenvalue weighted by Crippen LogP contribution is -2.21. The highest BCUT2D eigenvalue weighted by molar-refractivity contribution is 5.65. The molecule has 1 aromatic carbocycles. The molecule has 7 nitrogen and oxygen atoms in total. The van der Waals surface area contributed by atoms with Gasteiger partial charge in [-0.2, -0.15) is 0 Å². The molecule has 0 N–H and O–H groups in total. The largest absolute Gasteiger partial charge is 0.573 e. The molecule has 0 spiro atoms. The summed E-state index contributed by atoms with van der Waals surface area (Å²) in [5, 5.41) is 4.23. The van der Waals surface area contributed by atoms with Crippen molar-refractivity contribution in [3.8, 4) is 16.9 Å². The van der Waals surface area contributed by atoms with Crippen molar-refractivity contribution >= 4 is 5.65 Å². The van der Waals surface area contributed by atoms with Crippen LogP contribution in [0.2, 0.25) is 0 Å². The van der Waals surface area contributed by atoms with Crippen molar-refractivity contribution in [1.29, 1.82) is 0 Å². The van der Waals surface area contributed by atoms with Gasteiger partial charge in [-0.05, 0) is 42.3 Å². The zero-order valence-electron chi connectivity index (χ0n) is 14.5. The average molecular weight is 390 g/mol. The number of aryl methyl sites for hydroxylation is 1. The molecule has 10 heteroatoms. The maximum atomic E-state index is 12.6. The molecule has 3 heterocycles. The van der Waals surface area contributed by atoms with Crippen LogP contribution in [0.4, 0.5) is 13.2 Å². The van der Waals surface area contributed by atoms with E-state index in [-0.39, 0.29) is 18.0 Å². The molecule has 0 unspecified atom stereocenters. The Morgan fingerprint density at radius 2 is 1.82 bits per heavy atom. The van der Waals surface area contributed by atoms with Crippen LogP contribution in [-0.2, 0) is 6.54 Å². The third-order valence-electron chi connectivity index (χ3n) is 3.95. The summed E-state index contributed by atoms with van der Waals surface area (Å²) >= 11 is 0. The van der Waals surface area contributed by atoms with Crippen molar-refractivity contribution in [2.24, 2.45) is 0 Å². The Morgan fingerprint density at radius 1 is 1.11 bits per heavy atom. The number of aromatic nitrogens is 4. The number of hydrogen-bond acceptors (Lipinski definition) is 5. The lowest BCUT2D eigenvalue weighted by molar-refractivity contribution is -0.274. The van der Waals surface area contributed by atoms with E-state index in [0.717, 1.165) is 0 Å². The Kier molecular flexibility index (Phi) is 4.17. The third-order valence-corrected chi connectivity index (χ3v) is 3.95. The maximum absolute atomic E-state index is 12.6.